The third-order valence-electron chi connectivity index (χ3n) is 3.35. The number of nitrogens with zero attached hydrogens (tertiary/aromatic N) is 1. The van der Waals surface area contributed by atoms with Crippen LogP contribution in [0.15, 0.2) is 0 Å². The Hall–Kier alpha value is -0.120. The van der Waals surface area contributed by atoms with E-state index in [-0.39, 0.29) is 0 Å². The highest BCUT2D eigenvalue weighted by atomic mass is 16.5. The molecule has 0 saturated carbocycles. The largest absolute Gasteiger partial charge is 0.383 e. The molecule has 0 aromatic rings. The van der Waals surface area contributed by atoms with E-state index in [1.165, 1.54) is 0 Å². The van der Waals surface area contributed by atoms with Crippen molar-refractivity contribution in [2.45, 2.75) is 45.8 Å². The van der Waals surface area contributed by atoms with Gasteiger partial charge in [-0.3, -0.25) is 4.90 Å². The number of rotatable bonds is 4. The normalized spacial score (nSPS) is 30.8. The molecule has 0 aliphatic carbocycles. The van der Waals surface area contributed by atoms with Gasteiger partial charge in [0.25, 0.3) is 0 Å². The molecule has 3 unspecified atom stereocenters. The summed E-state index contributed by atoms with van der Waals surface area (Å²) in [6, 6.07) is 1.76. The molecule has 1 heterocycles. The van der Waals surface area contributed by atoms with Gasteiger partial charge in [0, 0.05) is 38.3 Å². The Morgan fingerprint density at radius 3 is 2.60 bits per heavy atom. The van der Waals surface area contributed by atoms with Gasteiger partial charge in [-0.15, -0.1) is 0 Å². The number of ether oxygens (including phenoxy) is 1. The molecule has 1 aliphatic rings. The van der Waals surface area contributed by atoms with Crippen molar-refractivity contribution < 1.29 is 4.74 Å². The van der Waals surface area contributed by atoms with Gasteiger partial charge in [0.05, 0.1) is 6.61 Å². The minimum absolute atomic E-state index is 0.551. The molecular weight excluding hydrogens is 188 g/mol. The summed E-state index contributed by atoms with van der Waals surface area (Å²) in [5, 5.41) is 3.52. The van der Waals surface area contributed by atoms with Crippen LogP contribution in [0.4, 0.5) is 0 Å². The van der Waals surface area contributed by atoms with Crippen molar-refractivity contribution in [3.63, 3.8) is 0 Å². The number of hydrogen-bond acceptors (Lipinski definition) is 3. The zero-order valence-corrected chi connectivity index (χ0v) is 10.8. The van der Waals surface area contributed by atoms with Crippen molar-refractivity contribution >= 4 is 0 Å². The molecule has 1 aliphatic heterocycles. The fourth-order valence-electron chi connectivity index (χ4n) is 2.35. The summed E-state index contributed by atoms with van der Waals surface area (Å²) in [5.74, 6) is 0.651. The highest BCUT2D eigenvalue weighted by molar-refractivity contribution is 4.87. The third kappa shape index (κ3) is 3.44. The third-order valence-corrected chi connectivity index (χ3v) is 3.35. The summed E-state index contributed by atoms with van der Waals surface area (Å²) in [5.41, 5.74) is 0. The second kappa shape index (κ2) is 5.83. The lowest BCUT2D eigenvalue weighted by molar-refractivity contribution is 0.0198. The SMILES string of the molecule is COCC(C(C)C)N1CC(C)NCC1C. The quantitative estimate of drug-likeness (QED) is 0.764. The van der Waals surface area contributed by atoms with E-state index in [2.05, 4.69) is 37.9 Å². The summed E-state index contributed by atoms with van der Waals surface area (Å²) >= 11 is 0. The smallest absolute Gasteiger partial charge is 0.0620 e. The van der Waals surface area contributed by atoms with Crippen LogP contribution >= 0.6 is 0 Å². The van der Waals surface area contributed by atoms with Gasteiger partial charge in [0.15, 0.2) is 0 Å². The lowest BCUT2D eigenvalue weighted by atomic mass is 9.99. The molecule has 90 valence electrons. The van der Waals surface area contributed by atoms with Gasteiger partial charge in [-0.05, 0) is 19.8 Å². The van der Waals surface area contributed by atoms with Crippen LogP contribution < -0.4 is 5.32 Å². The van der Waals surface area contributed by atoms with E-state index in [1.54, 1.807) is 7.11 Å². The minimum Gasteiger partial charge on any atom is -0.383 e. The van der Waals surface area contributed by atoms with Crippen molar-refractivity contribution in [3.8, 4) is 0 Å². The van der Waals surface area contributed by atoms with Crippen LogP contribution in [-0.2, 0) is 4.74 Å². The van der Waals surface area contributed by atoms with Gasteiger partial charge in [0.1, 0.15) is 0 Å². The van der Waals surface area contributed by atoms with E-state index >= 15 is 0 Å². The standard InChI is InChI=1S/C12H26N2O/c1-9(2)12(8-15-5)14-7-10(3)13-6-11(14)4/h9-13H,6-8H2,1-5H3. The summed E-state index contributed by atoms with van der Waals surface area (Å²) in [6.07, 6.45) is 0. The molecule has 0 bridgehead atoms. The first-order valence-electron chi connectivity index (χ1n) is 6.04. The average molecular weight is 214 g/mol. The highest BCUT2D eigenvalue weighted by Crippen LogP contribution is 2.17. The Labute approximate surface area is 94.2 Å². The molecule has 0 radical (unpaired) electrons. The van der Waals surface area contributed by atoms with Crippen molar-refractivity contribution in [1.29, 1.82) is 0 Å². The zero-order chi connectivity index (χ0) is 11.4. The van der Waals surface area contributed by atoms with Gasteiger partial charge < -0.3 is 10.1 Å². The van der Waals surface area contributed by atoms with E-state index in [0.29, 0.717) is 24.0 Å². The fourth-order valence-corrected chi connectivity index (χ4v) is 2.35. The maximum atomic E-state index is 5.34. The van der Waals surface area contributed by atoms with Gasteiger partial charge in [0.2, 0.25) is 0 Å². The van der Waals surface area contributed by atoms with Crippen LogP contribution in [0, 0.1) is 5.92 Å². The first-order valence-corrected chi connectivity index (χ1v) is 6.04. The van der Waals surface area contributed by atoms with Gasteiger partial charge >= 0.3 is 0 Å². The summed E-state index contributed by atoms with van der Waals surface area (Å²) in [6.45, 7) is 12.2. The summed E-state index contributed by atoms with van der Waals surface area (Å²) in [7, 11) is 1.80. The number of piperazine rings is 1. The zero-order valence-electron chi connectivity index (χ0n) is 10.8. The van der Waals surface area contributed by atoms with Crippen LogP contribution in [0.5, 0.6) is 0 Å². The molecule has 0 aromatic carbocycles. The molecule has 3 nitrogen and oxygen atoms in total. The topological polar surface area (TPSA) is 24.5 Å². The molecule has 3 atom stereocenters. The fraction of sp³-hybridized carbons (Fsp3) is 1.00. The molecule has 1 saturated heterocycles. The van der Waals surface area contributed by atoms with Gasteiger partial charge in [-0.1, -0.05) is 13.8 Å². The van der Waals surface area contributed by atoms with E-state index in [4.69, 9.17) is 4.74 Å². The monoisotopic (exact) mass is 214 g/mol. The van der Waals surface area contributed by atoms with E-state index < -0.39 is 0 Å². The number of hydrogen-bond donors (Lipinski definition) is 1. The average Bonchev–Trinajstić information content (AvgIpc) is 2.18. The summed E-state index contributed by atoms with van der Waals surface area (Å²) in [4.78, 5) is 2.59. The molecule has 15 heavy (non-hydrogen) atoms. The lowest BCUT2D eigenvalue weighted by Gasteiger charge is -2.43. The predicted octanol–water partition coefficient (Wildman–Crippen LogP) is 1.34. The molecule has 0 spiro atoms. The maximum absolute atomic E-state index is 5.34. The van der Waals surface area contributed by atoms with Crippen LogP contribution in [0.3, 0.4) is 0 Å². The molecule has 1 fully saturated rings. The Kier molecular flexibility index (Phi) is 5.03. The molecule has 1 rings (SSSR count). The Bertz CT molecular complexity index is 184. The maximum Gasteiger partial charge on any atom is 0.0620 e. The first kappa shape index (κ1) is 12.9. The molecule has 3 heteroatoms. The van der Waals surface area contributed by atoms with Crippen LogP contribution in [0.25, 0.3) is 0 Å². The van der Waals surface area contributed by atoms with Gasteiger partial charge in [-0.2, -0.15) is 0 Å². The lowest BCUT2D eigenvalue weighted by Crippen LogP contribution is -2.59. The van der Waals surface area contributed by atoms with E-state index in [1.807, 2.05) is 0 Å². The van der Waals surface area contributed by atoms with Crippen molar-refractivity contribution in [3.05, 3.63) is 0 Å². The first-order chi connectivity index (χ1) is 7.06. The Morgan fingerprint density at radius 2 is 2.07 bits per heavy atom. The molecule has 0 amide bonds. The minimum atomic E-state index is 0.551. The molecule has 0 aromatic heterocycles. The van der Waals surface area contributed by atoms with Gasteiger partial charge in [-0.25, -0.2) is 0 Å². The predicted molar refractivity (Wildman–Crippen MR) is 64.1 cm³/mol. The van der Waals surface area contributed by atoms with E-state index in [9.17, 15) is 0 Å². The Morgan fingerprint density at radius 1 is 1.40 bits per heavy atom. The van der Waals surface area contributed by atoms with Crippen molar-refractivity contribution in [2.75, 3.05) is 26.8 Å². The molecule has 1 N–H and O–H groups in total. The van der Waals surface area contributed by atoms with Crippen LogP contribution in [-0.4, -0.2) is 49.8 Å². The van der Waals surface area contributed by atoms with Crippen molar-refractivity contribution in [2.24, 2.45) is 5.92 Å². The highest BCUT2D eigenvalue weighted by Gasteiger charge is 2.30. The van der Waals surface area contributed by atoms with Crippen LogP contribution in [0.2, 0.25) is 0 Å². The van der Waals surface area contributed by atoms with Crippen LogP contribution in [0.1, 0.15) is 27.7 Å². The number of nitrogens with one attached hydrogen (secondary N) is 1. The number of methoxy groups -OCH3 is 1. The second-order valence-corrected chi connectivity index (χ2v) is 5.12. The second-order valence-electron chi connectivity index (χ2n) is 5.12. The summed E-state index contributed by atoms with van der Waals surface area (Å²) < 4.78 is 5.34. The Balaban J connectivity index is 2.62. The molecular formula is C12H26N2O. The van der Waals surface area contributed by atoms with E-state index in [0.717, 1.165) is 19.7 Å². The van der Waals surface area contributed by atoms with Crippen molar-refractivity contribution in [1.82, 2.24) is 10.2 Å².